The van der Waals surface area contributed by atoms with Crippen LogP contribution < -0.4 is 5.73 Å². The summed E-state index contributed by atoms with van der Waals surface area (Å²) in [4.78, 5) is 4.89. The van der Waals surface area contributed by atoms with Crippen molar-refractivity contribution in [3.05, 3.63) is 216 Å². The second-order valence-corrected chi connectivity index (χ2v) is 16.6. The van der Waals surface area contributed by atoms with E-state index in [2.05, 4.69) is 159 Å². The Morgan fingerprint density at radius 3 is 1.88 bits per heavy atom. The molecule has 10 rings (SSSR count). The first-order chi connectivity index (χ1) is 29.3. The molecule has 4 nitrogen and oxygen atoms in total. The van der Waals surface area contributed by atoms with Crippen LogP contribution >= 0.6 is 0 Å². The Balaban J connectivity index is 1.07. The van der Waals surface area contributed by atoms with Crippen molar-refractivity contribution in [2.45, 2.75) is 32.6 Å². The molecule has 0 radical (unpaired) electrons. The molecule has 0 atom stereocenters. The highest BCUT2D eigenvalue weighted by molar-refractivity contribution is 6.13. The van der Waals surface area contributed by atoms with Gasteiger partial charge in [0.05, 0.1) is 16.7 Å². The number of rotatable bonds is 8. The predicted octanol–water partition coefficient (Wildman–Crippen LogP) is 14.3. The standard InChI is InChI=1S/C56H45N3O/c1-56(2,3)49-36-52-47(35-45(49)42-29-32-54-48(34-42)44-21-13-14-22-53(44)60-54)46-33-41(28-31-51(46)59(52)43-19-11-6-12-20-43)38-26-23-37(24-27-38)25-30-50(39-15-7-4-8-16-39)58-55(57)40-17-9-5-10-18-40/h4-24,26-36H,25H2,1-3H3,(H2,57,58)/b50-30-. The molecule has 0 saturated heterocycles. The van der Waals surface area contributed by atoms with E-state index in [1.165, 1.54) is 55.2 Å². The van der Waals surface area contributed by atoms with Crippen molar-refractivity contribution in [1.82, 2.24) is 4.57 Å². The SMILES string of the molecule is CC(C)(C)c1cc2c(cc1-c1ccc3oc4ccccc4c3c1)c1cc(-c3ccc(C/C=C(\N=C(N)c4ccccc4)c4ccccc4)cc3)ccc1n2-c1ccccc1. The largest absolute Gasteiger partial charge is 0.456 e. The summed E-state index contributed by atoms with van der Waals surface area (Å²) >= 11 is 0. The summed E-state index contributed by atoms with van der Waals surface area (Å²) in [6.45, 7) is 6.94. The summed E-state index contributed by atoms with van der Waals surface area (Å²) in [5, 5.41) is 4.71. The normalized spacial score (nSPS) is 12.6. The second-order valence-electron chi connectivity index (χ2n) is 16.6. The molecule has 8 aromatic carbocycles. The highest BCUT2D eigenvalue weighted by atomic mass is 16.3. The van der Waals surface area contributed by atoms with Gasteiger partial charge in [0, 0.05) is 32.8 Å². The number of furan rings is 1. The molecule has 2 aromatic heterocycles. The zero-order valence-corrected chi connectivity index (χ0v) is 34.1. The fourth-order valence-corrected chi connectivity index (χ4v) is 8.54. The molecule has 0 spiro atoms. The molecule has 2 heterocycles. The van der Waals surface area contributed by atoms with Gasteiger partial charge in [-0.05, 0) is 105 Å². The van der Waals surface area contributed by atoms with Gasteiger partial charge in [0.1, 0.15) is 17.0 Å². The van der Waals surface area contributed by atoms with Crippen molar-refractivity contribution >= 4 is 55.3 Å². The molecular weight excluding hydrogens is 731 g/mol. The number of benzene rings is 8. The Morgan fingerprint density at radius 2 is 1.15 bits per heavy atom. The average Bonchev–Trinajstić information content (AvgIpc) is 3.82. The maximum absolute atomic E-state index is 6.50. The van der Waals surface area contributed by atoms with E-state index >= 15 is 0 Å². The fraction of sp³-hybridized carbons (Fsp3) is 0.0893. The summed E-state index contributed by atoms with van der Waals surface area (Å²) in [5.41, 5.74) is 21.8. The van der Waals surface area contributed by atoms with Gasteiger partial charge in [-0.2, -0.15) is 0 Å². The van der Waals surface area contributed by atoms with Crippen molar-refractivity contribution in [2.24, 2.45) is 10.7 Å². The number of allylic oxidation sites excluding steroid dienone is 1. The molecule has 2 N–H and O–H groups in total. The lowest BCUT2D eigenvalue weighted by Gasteiger charge is -2.24. The van der Waals surface area contributed by atoms with Gasteiger partial charge in [0.2, 0.25) is 0 Å². The van der Waals surface area contributed by atoms with E-state index < -0.39 is 0 Å². The quantitative estimate of drug-likeness (QED) is 0.123. The molecule has 0 unspecified atom stereocenters. The predicted molar refractivity (Wildman–Crippen MR) is 253 cm³/mol. The van der Waals surface area contributed by atoms with Gasteiger partial charge in [-0.15, -0.1) is 0 Å². The van der Waals surface area contributed by atoms with Gasteiger partial charge < -0.3 is 14.7 Å². The van der Waals surface area contributed by atoms with E-state index in [0.717, 1.165) is 50.9 Å². The van der Waals surface area contributed by atoms with E-state index in [9.17, 15) is 0 Å². The lowest BCUT2D eigenvalue weighted by molar-refractivity contribution is 0.592. The van der Waals surface area contributed by atoms with Crippen LogP contribution in [0, 0.1) is 0 Å². The molecule has 0 aliphatic carbocycles. The molecule has 0 bridgehead atoms. The zero-order valence-electron chi connectivity index (χ0n) is 34.1. The lowest BCUT2D eigenvalue weighted by atomic mass is 9.81. The minimum atomic E-state index is -0.111. The van der Waals surface area contributed by atoms with E-state index in [4.69, 9.17) is 15.1 Å². The summed E-state index contributed by atoms with van der Waals surface area (Å²) in [5.74, 6) is 0.500. The van der Waals surface area contributed by atoms with Crippen LogP contribution in [-0.2, 0) is 11.8 Å². The number of para-hydroxylation sites is 2. The van der Waals surface area contributed by atoms with Gasteiger partial charge in [-0.25, -0.2) is 4.99 Å². The first kappa shape index (κ1) is 36.9. The monoisotopic (exact) mass is 775 g/mol. The third-order valence-electron chi connectivity index (χ3n) is 11.6. The van der Waals surface area contributed by atoms with E-state index in [1.807, 2.05) is 60.7 Å². The molecule has 0 aliphatic rings. The Kier molecular flexibility index (Phi) is 9.26. The Bertz CT molecular complexity index is 3240. The molecule has 0 fully saturated rings. The highest BCUT2D eigenvalue weighted by Crippen LogP contribution is 2.43. The molecular formula is C56H45N3O. The van der Waals surface area contributed by atoms with Crippen molar-refractivity contribution < 1.29 is 4.42 Å². The Hall–Kier alpha value is -7.43. The average molecular weight is 776 g/mol. The third kappa shape index (κ3) is 6.86. The topological polar surface area (TPSA) is 56.4 Å². The first-order valence-electron chi connectivity index (χ1n) is 20.6. The number of aromatic nitrogens is 1. The lowest BCUT2D eigenvalue weighted by Crippen LogP contribution is -2.13. The van der Waals surface area contributed by atoms with Gasteiger partial charge in [0.15, 0.2) is 0 Å². The van der Waals surface area contributed by atoms with Gasteiger partial charge in [-0.1, -0.05) is 160 Å². The number of amidine groups is 1. The smallest absolute Gasteiger partial charge is 0.135 e. The molecule has 60 heavy (non-hydrogen) atoms. The molecule has 4 heteroatoms. The fourth-order valence-electron chi connectivity index (χ4n) is 8.54. The number of nitrogens with two attached hydrogens (primary N) is 1. The van der Waals surface area contributed by atoms with Crippen molar-refractivity contribution in [1.29, 1.82) is 0 Å². The van der Waals surface area contributed by atoms with Crippen LogP contribution in [0.2, 0.25) is 0 Å². The van der Waals surface area contributed by atoms with E-state index in [0.29, 0.717) is 5.84 Å². The minimum absolute atomic E-state index is 0.111. The van der Waals surface area contributed by atoms with Crippen LogP contribution in [0.25, 0.3) is 77.4 Å². The zero-order chi connectivity index (χ0) is 40.8. The van der Waals surface area contributed by atoms with Crippen LogP contribution in [0.1, 0.15) is 43.0 Å². The van der Waals surface area contributed by atoms with E-state index in [-0.39, 0.29) is 5.41 Å². The minimum Gasteiger partial charge on any atom is -0.456 e. The Labute approximate surface area is 350 Å². The van der Waals surface area contributed by atoms with Gasteiger partial charge in [-0.3, -0.25) is 0 Å². The van der Waals surface area contributed by atoms with Crippen LogP contribution in [0.5, 0.6) is 0 Å². The number of aliphatic imine (C=N–C) groups is 1. The van der Waals surface area contributed by atoms with Crippen LogP contribution in [0.15, 0.2) is 204 Å². The number of hydrogen-bond acceptors (Lipinski definition) is 2. The van der Waals surface area contributed by atoms with Crippen LogP contribution in [0.3, 0.4) is 0 Å². The van der Waals surface area contributed by atoms with E-state index in [1.54, 1.807) is 0 Å². The number of fused-ring (bicyclic) bond motifs is 6. The van der Waals surface area contributed by atoms with Crippen LogP contribution in [0.4, 0.5) is 0 Å². The van der Waals surface area contributed by atoms with Crippen molar-refractivity contribution in [3.8, 4) is 27.9 Å². The van der Waals surface area contributed by atoms with Gasteiger partial charge in [0.25, 0.3) is 0 Å². The maximum atomic E-state index is 6.50. The first-order valence-corrected chi connectivity index (χ1v) is 20.6. The summed E-state index contributed by atoms with van der Waals surface area (Å²) in [6, 6.07) is 66.5. The number of nitrogens with zero attached hydrogens (tertiary/aromatic N) is 2. The molecule has 0 saturated carbocycles. The molecule has 10 aromatic rings. The van der Waals surface area contributed by atoms with Crippen molar-refractivity contribution in [2.75, 3.05) is 0 Å². The maximum Gasteiger partial charge on any atom is 0.135 e. The highest BCUT2D eigenvalue weighted by Gasteiger charge is 2.24. The van der Waals surface area contributed by atoms with Crippen LogP contribution in [-0.4, -0.2) is 10.4 Å². The molecule has 0 aliphatic heterocycles. The molecule has 290 valence electrons. The summed E-state index contributed by atoms with van der Waals surface area (Å²) < 4.78 is 8.66. The van der Waals surface area contributed by atoms with Crippen molar-refractivity contribution in [3.63, 3.8) is 0 Å². The summed E-state index contributed by atoms with van der Waals surface area (Å²) in [6.07, 6.45) is 2.89. The second kappa shape index (κ2) is 15.1. The molecule has 0 amide bonds. The summed E-state index contributed by atoms with van der Waals surface area (Å²) in [7, 11) is 0. The Morgan fingerprint density at radius 1 is 0.550 bits per heavy atom. The third-order valence-corrected chi connectivity index (χ3v) is 11.6. The van der Waals surface area contributed by atoms with Gasteiger partial charge >= 0.3 is 0 Å². The number of hydrogen-bond donors (Lipinski definition) is 1.